The van der Waals surface area contributed by atoms with Gasteiger partial charge in [0.15, 0.2) is 0 Å². The molecule has 0 bridgehead atoms. The average molecular weight is 686 g/mol. The van der Waals surface area contributed by atoms with E-state index in [2.05, 4.69) is 15.4 Å². The molecule has 12 heteroatoms. The van der Waals surface area contributed by atoms with Crippen LogP contribution in [-0.2, 0) is 35.6 Å². The predicted molar refractivity (Wildman–Crippen MR) is 191 cm³/mol. The molecule has 0 radical (unpaired) electrons. The highest BCUT2D eigenvalue weighted by molar-refractivity contribution is 7.89. The smallest absolute Gasteiger partial charge is 0.260 e. The Kier molecular flexibility index (Phi) is 14.4. The normalized spacial score (nSPS) is 14.5. The number of nitrogens with one attached hydrogen (secondary N) is 3. The van der Waals surface area contributed by atoms with E-state index < -0.39 is 44.9 Å². The van der Waals surface area contributed by atoms with Crippen molar-refractivity contribution in [1.82, 2.24) is 20.3 Å². The summed E-state index contributed by atoms with van der Waals surface area (Å²) in [5, 5.41) is 6.16. The van der Waals surface area contributed by atoms with E-state index in [1.807, 2.05) is 72.7 Å². The summed E-state index contributed by atoms with van der Waals surface area (Å²) in [7, 11) is -0.621. The first-order chi connectivity index (χ1) is 22.2. The fourth-order valence-corrected chi connectivity index (χ4v) is 6.65. The maximum absolute atomic E-state index is 14.2. The number of benzene rings is 2. The van der Waals surface area contributed by atoms with Gasteiger partial charge in [-0.2, -0.15) is 0 Å². The van der Waals surface area contributed by atoms with Crippen molar-refractivity contribution in [1.29, 1.82) is 0 Å². The molecular weight excluding hydrogens is 630 g/mol. The number of amides is 3. The summed E-state index contributed by atoms with van der Waals surface area (Å²) in [5.74, 6) is -1.25. The first-order valence-electron chi connectivity index (χ1n) is 16.2. The largest absolute Gasteiger partial charge is 0.492 e. The molecule has 3 atom stereocenters. The van der Waals surface area contributed by atoms with Crippen molar-refractivity contribution in [3.8, 4) is 5.75 Å². The number of sulfonamides is 1. The zero-order chi connectivity index (χ0) is 36.4. The third-order valence-electron chi connectivity index (χ3n) is 8.36. The van der Waals surface area contributed by atoms with E-state index in [1.54, 1.807) is 50.5 Å². The van der Waals surface area contributed by atoms with Crippen LogP contribution in [0, 0.1) is 11.3 Å². The summed E-state index contributed by atoms with van der Waals surface area (Å²) in [6.07, 6.45) is 1.60. The van der Waals surface area contributed by atoms with Gasteiger partial charge in [-0.1, -0.05) is 97.0 Å². The minimum absolute atomic E-state index is 0.139. The molecule has 48 heavy (non-hydrogen) atoms. The lowest BCUT2D eigenvalue weighted by Gasteiger charge is -2.40. The summed E-state index contributed by atoms with van der Waals surface area (Å²) in [4.78, 5) is 42.6. The van der Waals surface area contributed by atoms with Gasteiger partial charge in [-0.25, -0.2) is 13.1 Å². The monoisotopic (exact) mass is 685 g/mol. The quantitative estimate of drug-likeness (QED) is 0.196. The number of hydrogen-bond acceptors (Lipinski definition) is 8. The van der Waals surface area contributed by atoms with Crippen molar-refractivity contribution in [2.45, 2.75) is 84.7 Å². The number of carbonyl (C=O) groups is 3. The molecule has 0 aliphatic rings. The van der Waals surface area contributed by atoms with E-state index in [4.69, 9.17) is 10.5 Å². The molecule has 3 amide bonds. The molecular formula is C36H55N5O6S. The van der Waals surface area contributed by atoms with Crippen LogP contribution in [0.3, 0.4) is 0 Å². The average Bonchev–Trinajstić information content (AvgIpc) is 3.00. The Hall–Kier alpha value is -3.74. The van der Waals surface area contributed by atoms with Crippen molar-refractivity contribution in [3.63, 3.8) is 0 Å². The lowest BCUT2D eigenvalue weighted by molar-refractivity contribution is -0.140. The second-order valence-electron chi connectivity index (χ2n) is 14.1. The number of ether oxygens (including phenoxy) is 1. The van der Waals surface area contributed by atoms with Crippen molar-refractivity contribution in [2.75, 3.05) is 27.2 Å². The molecule has 5 N–H and O–H groups in total. The Bertz CT molecular complexity index is 1520. The van der Waals surface area contributed by atoms with Crippen LogP contribution in [0.25, 0.3) is 0 Å². The van der Waals surface area contributed by atoms with Crippen LogP contribution in [0.2, 0.25) is 0 Å². The van der Waals surface area contributed by atoms with Crippen LogP contribution in [0.4, 0.5) is 0 Å². The van der Waals surface area contributed by atoms with Crippen LogP contribution >= 0.6 is 0 Å². The topological polar surface area (TPSA) is 160 Å². The summed E-state index contributed by atoms with van der Waals surface area (Å²) in [5.41, 5.74) is 5.80. The predicted octanol–water partition coefficient (Wildman–Crippen LogP) is 3.50. The SMILES string of the molecule is CN[C@H](C(=O)NC(C(=O)N(C)[C@H](/C=C(\C)C(=O)NS(=O)(=O)Cc1ccccc1)C(C)C)C(C)(C)C)C(C)(C)c1ccc(OCCN)cc1. The minimum Gasteiger partial charge on any atom is -0.492 e. The molecule has 0 aromatic heterocycles. The Morgan fingerprint density at radius 2 is 1.54 bits per heavy atom. The van der Waals surface area contributed by atoms with E-state index in [1.165, 1.54) is 11.8 Å². The van der Waals surface area contributed by atoms with Gasteiger partial charge in [0.25, 0.3) is 5.91 Å². The molecule has 266 valence electrons. The van der Waals surface area contributed by atoms with E-state index >= 15 is 0 Å². The summed E-state index contributed by atoms with van der Waals surface area (Å²) in [6.45, 7) is 15.7. The van der Waals surface area contributed by atoms with E-state index in [9.17, 15) is 22.8 Å². The van der Waals surface area contributed by atoms with Crippen molar-refractivity contribution >= 4 is 27.7 Å². The molecule has 2 aromatic carbocycles. The van der Waals surface area contributed by atoms with Crippen molar-refractivity contribution < 1.29 is 27.5 Å². The summed E-state index contributed by atoms with van der Waals surface area (Å²) >= 11 is 0. The highest BCUT2D eigenvalue weighted by atomic mass is 32.2. The molecule has 0 saturated carbocycles. The molecule has 0 saturated heterocycles. The Morgan fingerprint density at radius 3 is 2.04 bits per heavy atom. The molecule has 0 aliphatic heterocycles. The maximum Gasteiger partial charge on any atom is 0.260 e. The van der Waals surface area contributed by atoms with Gasteiger partial charge in [-0.05, 0) is 48.6 Å². The highest BCUT2D eigenvalue weighted by Crippen LogP contribution is 2.30. The van der Waals surface area contributed by atoms with Gasteiger partial charge < -0.3 is 26.0 Å². The van der Waals surface area contributed by atoms with Crippen molar-refractivity contribution in [2.24, 2.45) is 17.1 Å². The van der Waals surface area contributed by atoms with E-state index in [0.717, 1.165) is 5.56 Å². The van der Waals surface area contributed by atoms with Gasteiger partial charge in [0.2, 0.25) is 21.8 Å². The van der Waals surface area contributed by atoms with Crippen LogP contribution < -0.4 is 25.8 Å². The molecule has 0 spiro atoms. The zero-order valence-corrected chi connectivity index (χ0v) is 30.9. The van der Waals surface area contributed by atoms with E-state index in [0.29, 0.717) is 24.5 Å². The minimum atomic E-state index is -3.95. The van der Waals surface area contributed by atoms with Gasteiger partial charge in [-0.3, -0.25) is 14.4 Å². The molecule has 0 heterocycles. The van der Waals surface area contributed by atoms with Gasteiger partial charge in [0, 0.05) is 24.6 Å². The number of carbonyl (C=O) groups excluding carboxylic acids is 3. The van der Waals surface area contributed by atoms with Crippen LogP contribution in [0.1, 0.15) is 66.5 Å². The van der Waals surface area contributed by atoms with Gasteiger partial charge in [0.05, 0.1) is 17.8 Å². The number of nitrogens with zero attached hydrogens (tertiary/aromatic N) is 1. The molecule has 2 rings (SSSR count). The molecule has 11 nitrogen and oxygen atoms in total. The third-order valence-corrected chi connectivity index (χ3v) is 9.57. The highest BCUT2D eigenvalue weighted by Gasteiger charge is 2.41. The van der Waals surface area contributed by atoms with Crippen LogP contribution in [0.5, 0.6) is 5.75 Å². The second-order valence-corrected chi connectivity index (χ2v) is 15.8. The lowest BCUT2D eigenvalue weighted by Crippen LogP contribution is -2.61. The van der Waals surface area contributed by atoms with Gasteiger partial charge in [0.1, 0.15) is 18.4 Å². The molecule has 2 aromatic rings. The fourth-order valence-electron chi connectivity index (χ4n) is 5.50. The molecule has 0 aliphatic carbocycles. The Balaban J connectivity index is 2.29. The Labute approximate surface area is 287 Å². The number of nitrogens with two attached hydrogens (primary N) is 1. The maximum atomic E-state index is 14.2. The van der Waals surface area contributed by atoms with Crippen LogP contribution in [0.15, 0.2) is 66.2 Å². The molecule has 0 fully saturated rings. The third kappa shape index (κ3) is 11.2. The fraction of sp³-hybridized carbons (Fsp3) is 0.528. The van der Waals surface area contributed by atoms with Crippen LogP contribution in [-0.4, -0.2) is 76.4 Å². The summed E-state index contributed by atoms with van der Waals surface area (Å²) < 4.78 is 33.1. The van der Waals surface area contributed by atoms with Crippen molar-refractivity contribution in [3.05, 3.63) is 77.4 Å². The standard InChI is InChI=1S/C36H55N5O6S/c1-24(2)29(22-25(3)32(42)40-48(45,46)23-26-14-12-11-13-15-26)41(10)34(44)31(35(4,5)6)39-33(43)30(38-9)36(7,8)27-16-18-28(19-17-27)47-21-20-37/h11-19,22,24,29-31,38H,20-21,23,37H2,1-10H3,(H,39,43)(H,40,42)/b25-22+/t29-,30-,31?/m1/s1. The summed E-state index contributed by atoms with van der Waals surface area (Å²) in [6, 6.07) is 13.9. The van der Waals surface area contributed by atoms with E-state index in [-0.39, 0.29) is 29.1 Å². The Morgan fingerprint density at radius 1 is 0.958 bits per heavy atom. The number of likely N-dealkylation sites (N-methyl/N-ethyl adjacent to an activating group) is 2. The first-order valence-corrected chi connectivity index (χ1v) is 17.8. The zero-order valence-electron chi connectivity index (χ0n) is 30.1. The number of rotatable bonds is 16. The number of hydrogen-bond donors (Lipinski definition) is 4. The van der Waals surface area contributed by atoms with Gasteiger partial charge in [-0.15, -0.1) is 0 Å². The molecule has 1 unspecified atom stereocenters. The lowest BCUT2D eigenvalue weighted by atomic mass is 9.76. The second kappa shape index (κ2) is 17.1. The van der Waals surface area contributed by atoms with Gasteiger partial charge >= 0.3 is 0 Å². The first kappa shape index (κ1) is 40.4.